The van der Waals surface area contributed by atoms with E-state index in [4.69, 9.17) is 17.3 Å². The summed E-state index contributed by atoms with van der Waals surface area (Å²) in [4.78, 5) is 9.94. The Morgan fingerprint density at radius 2 is 2.14 bits per heavy atom. The number of hydrogen-bond donors (Lipinski definition) is 1. The lowest BCUT2D eigenvalue weighted by Gasteiger charge is -2.22. The summed E-state index contributed by atoms with van der Waals surface area (Å²) in [6, 6.07) is 3.23. The topological polar surface area (TPSA) is 107 Å². The van der Waals surface area contributed by atoms with Gasteiger partial charge in [0, 0.05) is 30.2 Å². The largest absolute Gasteiger partial charge is 0.329 e. The van der Waals surface area contributed by atoms with Crippen LogP contribution in [-0.2, 0) is 10.0 Å². The molecular weight excluding hydrogens is 341 g/mol. The van der Waals surface area contributed by atoms with Gasteiger partial charge < -0.3 is 5.73 Å². The molecule has 118 valence electrons. The summed E-state index contributed by atoms with van der Waals surface area (Å²) in [5.74, 6) is 0. The van der Waals surface area contributed by atoms with Gasteiger partial charge in [-0.05, 0) is 25.0 Å². The van der Waals surface area contributed by atoms with E-state index < -0.39 is 20.6 Å². The Kier molecular flexibility index (Phi) is 5.94. The van der Waals surface area contributed by atoms with Crippen LogP contribution in [0.2, 0.25) is 5.02 Å². The Hall–Kier alpha value is -0.930. The lowest BCUT2D eigenvalue weighted by Crippen LogP contribution is -2.40. The van der Waals surface area contributed by atoms with Crippen LogP contribution in [0, 0.1) is 10.1 Å². The molecule has 0 spiro atoms. The van der Waals surface area contributed by atoms with Gasteiger partial charge in [0.05, 0.1) is 4.92 Å². The number of rotatable bonds is 4. The maximum atomic E-state index is 12.6. The van der Waals surface area contributed by atoms with Gasteiger partial charge in [-0.2, -0.15) is 4.31 Å². The van der Waals surface area contributed by atoms with E-state index in [1.165, 1.54) is 16.4 Å². The summed E-state index contributed by atoms with van der Waals surface area (Å²) in [6.07, 6.45) is 1.36. The van der Waals surface area contributed by atoms with Crippen molar-refractivity contribution in [3.05, 3.63) is 33.3 Å². The molecule has 1 aliphatic heterocycles. The molecule has 1 aromatic carbocycles. The summed E-state index contributed by atoms with van der Waals surface area (Å²) in [6.45, 7) is 0.518. The van der Waals surface area contributed by atoms with Gasteiger partial charge in [-0.3, -0.25) is 10.1 Å². The van der Waals surface area contributed by atoms with E-state index >= 15 is 0 Å². The molecule has 1 aliphatic rings. The molecule has 2 N–H and O–H groups in total. The number of halogens is 2. The van der Waals surface area contributed by atoms with Crippen molar-refractivity contribution in [1.29, 1.82) is 0 Å². The average Bonchev–Trinajstić information content (AvgIpc) is 2.87. The third-order valence-corrected chi connectivity index (χ3v) is 5.53. The lowest BCUT2D eigenvalue weighted by molar-refractivity contribution is -0.387. The van der Waals surface area contributed by atoms with Crippen molar-refractivity contribution in [1.82, 2.24) is 4.31 Å². The van der Waals surface area contributed by atoms with E-state index in [1.807, 2.05) is 0 Å². The van der Waals surface area contributed by atoms with E-state index in [9.17, 15) is 18.5 Å². The SMILES string of the molecule is Cl.NCC1CCCN1S(=O)(=O)c1ccc(Cl)cc1[N+](=O)[O-]. The van der Waals surface area contributed by atoms with E-state index in [-0.39, 0.29) is 34.9 Å². The highest BCUT2D eigenvalue weighted by Gasteiger charge is 2.38. The minimum atomic E-state index is -3.94. The number of nitrogens with zero attached hydrogens (tertiary/aromatic N) is 2. The fourth-order valence-corrected chi connectivity index (χ4v) is 4.35. The normalized spacial score (nSPS) is 19.2. The highest BCUT2D eigenvalue weighted by Crippen LogP contribution is 2.32. The molecule has 1 saturated heterocycles. The molecule has 1 heterocycles. The van der Waals surface area contributed by atoms with Crippen LogP contribution >= 0.6 is 24.0 Å². The number of nitro groups is 1. The van der Waals surface area contributed by atoms with Gasteiger partial charge >= 0.3 is 0 Å². The summed E-state index contributed by atoms with van der Waals surface area (Å²) in [7, 11) is -3.94. The Balaban J connectivity index is 0.00000220. The van der Waals surface area contributed by atoms with Crippen molar-refractivity contribution in [2.75, 3.05) is 13.1 Å². The van der Waals surface area contributed by atoms with Crippen molar-refractivity contribution >= 4 is 39.7 Å². The van der Waals surface area contributed by atoms with Gasteiger partial charge in [0.1, 0.15) is 0 Å². The molecule has 21 heavy (non-hydrogen) atoms. The van der Waals surface area contributed by atoms with Crippen LogP contribution in [0.4, 0.5) is 5.69 Å². The van der Waals surface area contributed by atoms with Gasteiger partial charge in [0.2, 0.25) is 10.0 Å². The zero-order chi connectivity index (χ0) is 14.9. The molecule has 0 bridgehead atoms. The van der Waals surface area contributed by atoms with Crippen LogP contribution in [0.25, 0.3) is 0 Å². The summed E-state index contributed by atoms with van der Waals surface area (Å²) in [5, 5.41) is 11.1. The minimum absolute atomic E-state index is 0. The average molecular weight is 356 g/mol. The number of hydrogen-bond acceptors (Lipinski definition) is 5. The molecule has 1 aromatic rings. The van der Waals surface area contributed by atoms with Crippen molar-refractivity contribution in [2.24, 2.45) is 5.73 Å². The second-order valence-electron chi connectivity index (χ2n) is 4.52. The Morgan fingerprint density at radius 1 is 1.48 bits per heavy atom. The first-order valence-electron chi connectivity index (χ1n) is 6.03. The third-order valence-electron chi connectivity index (χ3n) is 3.30. The first-order valence-corrected chi connectivity index (χ1v) is 7.85. The Morgan fingerprint density at radius 3 is 2.71 bits per heavy atom. The molecule has 7 nitrogen and oxygen atoms in total. The van der Waals surface area contributed by atoms with Gasteiger partial charge in [-0.25, -0.2) is 8.42 Å². The molecule has 0 amide bonds. The lowest BCUT2D eigenvalue weighted by atomic mass is 10.2. The predicted molar refractivity (Wildman–Crippen MR) is 81.3 cm³/mol. The third kappa shape index (κ3) is 3.46. The van der Waals surface area contributed by atoms with Crippen molar-refractivity contribution in [3.8, 4) is 0 Å². The number of sulfonamides is 1. The van der Waals surface area contributed by atoms with Crippen LogP contribution in [-0.4, -0.2) is 36.8 Å². The van der Waals surface area contributed by atoms with Crippen molar-refractivity contribution < 1.29 is 13.3 Å². The zero-order valence-corrected chi connectivity index (χ0v) is 13.3. The molecule has 2 rings (SSSR count). The van der Waals surface area contributed by atoms with Gasteiger partial charge in [-0.1, -0.05) is 11.6 Å². The quantitative estimate of drug-likeness (QED) is 0.654. The first kappa shape index (κ1) is 18.1. The van der Waals surface area contributed by atoms with Crippen LogP contribution in [0.15, 0.2) is 23.1 Å². The number of nitro benzene ring substituents is 1. The maximum absolute atomic E-state index is 12.6. The molecule has 1 unspecified atom stereocenters. The van der Waals surface area contributed by atoms with Crippen molar-refractivity contribution in [3.63, 3.8) is 0 Å². The molecule has 0 aromatic heterocycles. The van der Waals surface area contributed by atoms with E-state index in [1.54, 1.807) is 0 Å². The summed E-state index contributed by atoms with van der Waals surface area (Å²) in [5.41, 5.74) is 5.05. The maximum Gasteiger partial charge on any atom is 0.290 e. The van der Waals surface area contributed by atoms with Crippen molar-refractivity contribution in [2.45, 2.75) is 23.8 Å². The molecule has 0 radical (unpaired) electrons. The van der Waals surface area contributed by atoms with Crippen LogP contribution in [0.1, 0.15) is 12.8 Å². The molecule has 10 heteroatoms. The highest BCUT2D eigenvalue weighted by molar-refractivity contribution is 7.89. The Bertz CT molecular complexity index is 638. The minimum Gasteiger partial charge on any atom is -0.329 e. The fraction of sp³-hybridized carbons (Fsp3) is 0.455. The number of nitrogens with two attached hydrogens (primary N) is 1. The van der Waals surface area contributed by atoms with E-state index in [0.717, 1.165) is 6.07 Å². The molecular formula is C11H15Cl2N3O4S. The van der Waals surface area contributed by atoms with Crippen LogP contribution in [0.5, 0.6) is 0 Å². The molecule has 0 aliphatic carbocycles. The van der Waals surface area contributed by atoms with E-state index in [2.05, 4.69) is 0 Å². The summed E-state index contributed by atoms with van der Waals surface area (Å²) >= 11 is 5.69. The first-order chi connectivity index (χ1) is 9.37. The molecule has 0 saturated carbocycles. The monoisotopic (exact) mass is 355 g/mol. The second kappa shape index (κ2) is 6.89. The zero-order valence-electron chi connectivity index (χ0n) is 10.9. The standard InChI is InChI=1S/C11H14ClN3O4S.ClH/c12-8-3-4-11(10(6-8)15(16)17)20(18,19)14-5-1-2-9(14)7-13;/h3-4,6,9H,1-2,5,7,13H2;1H. The van der Waals surface area contributed by atoms with Crippen LogP contribution < -0.4 is 5.73 Å². The van der Waals surface area contributed by atoms with E-state index in [0.29, 0.717) is 19.4 Å². The van der Waals surface area contributed by atoms with Gasteiger partial charge in [0.15, 0.2) is 4.90 Å². The summed E-state index contributed by atoms with van der Waals surface area (Å²) < 4.78 is 26.4. The predicted octanol–water partition coefficient (Wildman–Crippen LogP) is 1.78. The fourth-order valence-electron chi connectivity index (χ4n) is 2.34. The molecule has 1 atom stereocenters. The number of benzene rings is 1. The highest BCUT2D eigenvalue weighted by atomic mass is 35.5. The molecule has 1 fully saturated rings. The van der Waals surface area contributed by atoms with Crippen LogP contribution in [0.3, 0.4) is 0 Å². The smallest absolute Gasteiger partial charge is 0.290 e. The van der Waals surface area contributed by atoms with Gasteiger partial charge in [-0.15, -0.1) is 12.4 Å². The van der Waals surface area contributed by atoms with Gasteiger partial charge in [0.25, 0.3) is 5.69 Å². The second-order valence-corrected chi connectivity index (χ2v) is 6.81. The Labute approximate surface area is 133 Å².